The third-order valence-electron chi connectivity index (χ3n) is 7.80. The van der Waals surface area contributed by atoms with Crippen molar-refractivity contribution in [3.63, 3.8) is 0 Å². The number of halogens is 7. The molecule has 7 rings (SSSR count). The summed E-state index contributed by atoms with van der Waals surface area (Å²) in [5.74, 6) is -1.04. The van der Waals surface area contributed by atoms with E-state index in [0.717, 1.165) is 12.3 Å². The standard InChI is InChI=1S/C24H19F7N8O/c25-13-1-2-14(33-5-13)21(11-38(12-21)19(40)36-22-6-20(7-22,8-22)9-32)10-34-17-3-15(23(26,27)28)35-18-4-16(24(29,30)31)37-39(17)18/h1-5,34H,6-8,10-12H2,(H,36,40). The molecule has 3 aromatic rings. The zero-order valence-electron chi connectivity index (χ0n) is 20.4. The molecule has 4 aliphatic rings. The maximum atomic E-state index is 13.6. The van der Waals surface area contributed by atoms with Crippen molar-refractivity contribution in [3.05, 3.63) is 53.4 Å². The number of aromatic nitrogens is 4. The van der Waals surface area contributed by atoms with E-state index < -0.39 is 58.0 Å². The van der Waals surface area contributed by atoms with Gasteiger partial charge in [0, 0.05) is 37.3 Å². The van der Waals surface area contributed by atoms with Crippen LogP contribution in [-0.4, -0.2) is 55.7 Å². The summed E-state index contributed by atoms with van der Waals surface area (Å²) in [4.78, 5) is 21.7. The van der Waals surface area contributed by atoms with Gasteiger partial charge in [0.25, 0.3) is 0 Å². The van der Waals surface area contributed by atoms with Gasteiger partial charge >= 0.3 is 18.4 Å². The maximum absolute atomic E-state index is 13.6. The monoisotopic (exact) mass is 568 g/mol. The van der Waals surface area contributed by atoms with Gasteiger partial charge in [-0.25, -0.2) is 14.2 Å². The fraction of sp³-hybridized carbons (Fsp3) is 0.458. The third kappa shape index (κ3) is 4.14. The second kappa shape index (κ2) is 8.18. The van der Waals surface area contributed by atoms with E-state index in [4.69, 9.17) is 0 Å². The number of pyridine rings is 1. The number of amides is 2. The number of fused-ring (bicyclic) bond motifs is 1. The van der Waals surface area contributed by atoms with Gasteiger partial charge in [-0.3, -0.25) is 4.98 Å². The molecule has 3 aliphatic carbocycles. The van der Waals surface area contributed by atoms with Crippen LogP contribution in [0.25, 0.3) is 5.65 Å². The number of hydrogen-bond acceptors (Lipinski definition) is 6. The molecule has 4 fully saturated rings. The average molecular weight is 568 g/mol. The Labute approximate surface area is 221 Å². The quantitative estimate of drug-likeness (QED) is 0.448. The highest BCUT2D eigenvalue weighted by Gasteiger charge is 2.69. The molecule has 0 spiro atoms. The van der Waals surface area contributed by atoms with Crippen LogP contribution in [0, 0.1) is 22.6 Å². The molecule has 0 atom stereocenters. The Morgan fingerprint density at radius 2 is 1.73 bits per heavy atom. The van der Waals surface area contributed by atoms with E-state index >= 15 is 0 Å². The predicted molar refractivity (Wildman–Crippen MR) is 122 cm³/mol. The molecule has 2 amide bonds. The Hall–Kier alpha value is -4.16. The van der Waals surface area contributed by atoms with Crippen molar-refractivity contribution < 1.29 is 35.5 Å². The SMILES string of the molecule is N#CC12CC(NC(=O)N3CC(CNc4cc(C(F)(F)F)nc5cc(C(F)(F)F)nn45)(c4ccc(F)cn4)C3)(C1)C2. The molecule has 2 N–H and O–H groups in total. The maximum Gasteiger partial charge on any atom is 0.435 e. The van der Waals surface area contributed by atoms with Gasteiger partial charge in [-0.05, 0) is 31.4 Å². The molecule has 3 aromatic heterocycles. The first kappa shape index (κ1) is 26.1. The van der Waals surface area contributed by atoms with Crippen molar-refractivity contribution in [2.45, 2.75) is 42.6 Å². The Bertz CT molecular complexity index is 1530. The van der Waals surface area contributed by atoms with E-state index in [1.807, 2.05) is 0 Å². The minimum Gasteiger partial charge on any atom is -0.369 e. The minimum atomic E-state index is -4.95. The van der Waals surface area contributed by atoms with Crippen LogP contribution in [0.5, 0.6) is 0 Å². The summed E-state index contributed by atoms with van der Waals surface area (Å²) in [6.45, 7) is -0.0931. The number of anilines is 1. The lowest BCUT2D eigenvalue weighted by Gasteiger charge is -2.67. The summed E-state index contributed by atoms with van der Waals surface area (Å²) in [6, 6.07) is 5.34. The van der Waals surface area contributed by atoms with Crippen LogP contribution < -0.4 is 10.6 Å². The molecule has 2 bridgehead atoms. The summed E-state index contributed by atoms with van der Waals surface area (Å²) >= 11 is 0. The highest BCUT2D eigenvalue weighted by molar-refractivity contribution is 5.77. The fourth-order valence-electron chi connectivity index (χ4n) is 5.87. The van der Waals surface area contributed by atoms with E-state index in [2.05, 4.69) is 31.8 Å². The number of nitrogens with zero attached hydrogens (tertiary/aromatic N) is 6. The lowest BCUT2D eigenvalue weighted by molar-refractivity contribution is -0.142. The molecular formula is C24H19F7N8O. The Morgan fingerprint density at radius 1 is 1.05 bits per heavy atom. The Morgan fingerprint density at radius 3 is 2.30 bits per heavy atom. The zero-order valence-corrected chi connectivity index (χ0v) is 20.4. The van der Waals surface area contributed by atoms with Gasteiger partial charge in [0.15, 0.2) is 17.0 Å². The van der Waals surface area contributed by atoms with Gasteiger partial charge in [-0.15, -0.1) is 0 Å². The number of carbonyl (C=O) groups is 1. The molecule has 0 aromatic carbocycles. The van der Waals surface area contributed by atoms with E-state index in [1.54, 1.807) is 0 Å². The van der Waals surface area contributed by atoms with E-state index in [9.17, 15) is 40.8 Å². The van der Waals surface area contributed by atoms with Crippen LogP contribution >= 0.6 is 0 Å². The van der Waals surface area contributed by atoms with Gasteiger partial charge in [-0.2, -0.15) is 41.2 Å². The number of likely N-dealkylation sites (tertiary alicyclic amines) is 1. The van der Waals surface area contributed by atoms with E-state index in [1.165, 1.54) is 11.0 Å². The summed E-state index contributed by atoms with van der Waals surface area (Å²) < 4.78 is 94.4. The Kier molecular flexibility index (Phi) is 5.33. The van der Waals surface area contributed by atoms with E-state index in [-0.39, 0.29) is 25.0 Å². The van der Waals surface area contributed by atoms with Gasteiger partial charge in [-0.1, -0.05) is 0 Å². The van der Waals surface area contributed by atoms with Crippen molar-refractivity contribution >= 4 is 17.5 Å². The average Bonchev–Trinajstić information content (AvgIpc) is 3.25. The molecule has 16 heteroatoms. The van der Waals surface area contributed by atoms with Gasteiger partial charge in [0.05, 0.1) is 28.8 Å². The Balaban J connectivity index is 1.26. The molecule has 0 radical (unpaired) electrons. The third-order valence-corrected chi connectivity index (χ3v) is 7.80. The molecule has 3 saturated carbocycles. The molecule has 9 nitrogen and oxygen atoms in total. The molecule has 1 saturated heterocycles. The zero-order chi connectivity index (χ0) is 28.7. The topological polar surface area (TPSA) is 111 Å². The van der Waals surface area contributed by atoms with Crippen LogP contribution in [0.15, 0.2) is 30.5 Å². The van der Waals surface area contributed by atoms with Crippen molar-refractivity contribution in [2.24, 2.45) is 5.41 Å². The first-order chi connectivity index (χ1) is 18.6. The minimum absolute atomic E-state index is 0.0389. The van der Waals surface area contributed by atoms with Gasteiger partial charge in [0.1, 0.15) is 11.6 Å². The summed E-state index contributed by atoms with van der Waals surface area (Å²) in [5, 5.41) is 18.3. The molecule has 210 valence electrons. The van der Waals surface area contributed by atoms with Crippen molar-refractivity contribution in [2.75, 3.05) is 25.0 Å². The van der Waals surface area contributed by atoms with Crippen LogP contribution in [0.4, 0.5) is 41.3 Å². The lowest BCUT2D eigenvalue weighted by Crippen LogP contribution is -2.77. The predicted octanol–water partition coefficient (Wildman–Crippen LogP) is 4.12. The van der Waals surface area contributed by atoms with Crippen molar-refractivity contribution in [1.29, 1.82) is 5.26 Å². The molecule has 1 aliphatic heterocycles. The second-order valence-electron chi connectivity index (χ2n) is 10.8. The molecule has 0 unspecified atom stereocenters. The number of nitrogens with one attached hydrogen (secondary N) is 2. The molecule has 4 heterocycles. The van der Waals surface area contributed by atoms with E-state index in [0.29, 0.717) is 41.6 Å². The van der Waals surface area contributed by atoms with Crippen molar-refractivity contribution in [1.82, 2.24) is 29.8 Å². The first-order valence-electron chi connectivity index (χ1n) is 12.0. The van der Waals surface area contributed by atoms with Crippen LogP contribution in [0.2, 0.25) is 0 Å². The van der Waals surface area contributed by atoms with Gasteiger partial charge < -0.3 is 15.5 Å². The largest absolute Gasteiger partial charge is 0.435 e. The number of urea groups is 1. The summed E-state index contributed by atoms with van der Waals surface area (Å²) in [6.07, 6.45) is -7.23. The number of nitriles is 1. The smallest absolute Gasteiger partial charge is 0.369 e. The number of hydrogen-bond donors (Lipinski definition) is 2. The second-order valence-corrected chi connectivity index (χ2v) is 10.8. The highest BCUT2D eigenvalue weighted by Crippen LogP contribution is 2.66. The normalized spacial score (nSPS) is 24.9. The van der Waals surface area contributed by atoms with Crippen molar-refractivity contribution in [3.8, 4) is 6.07 Å². The molecular weight excluding hydrogens is 549 g/mol. The highest BCUT2D eigenvalue weighted by atomic mass is 19.4. The summed E-state index contributed by atoms with van der Waals surface area (Å²) in [7, 11) is 0. The summed E-state index contributed by atoms with van der Waals surface area (Å²) in [5.41, 5.74) is -4.99. The van der Waals surface area contributed by atoms with Crippen LogP contribution in [0.3, 0.4) is 0 Å². The van der Waals surface area contributed by atoms with Crippen LogP contribution in [0.1, 0.15) is 36.3 Å². The fourth-order valence-corrected chi connectivity index (χ4v) is 5.87. The lowest BCUT2D eigenvalue weighted by atomic mass is 9.40. The molecule has 40 heavy (non-hydrogen) atoms. The number of carbonyl (C=O) groups excluding carboxylic acids is 1. The van der Waals surface area contributed by atoms with Crippen LogP contribution in [-0.2, 0) is 17.8 Å². The van der Waals surface area contributed by atoms with Gasteiger partial charge in [0.2, 0.25) is 0 Å². The number of alkyl halides is 6. The number of rotatable bonds is 5. The first-order valence-corrected chi connectivity index (χ1v) is 12.0.